The van der Waals surface area contributed by atoms with Crippen molar-refractivity contribution in [2.24, 2.45) is 0 Å². The van der Waals surface area contributed by atoms with Gasteiger partial charge in [0.25, 0.3) is 5.91 Å². The molecule has 24 heavy (non-hydrogen) atoms. The lowest BCUT2D eigenvalue weighted by Gasteiger charge is -2.34. The third kappa shape index (κ3) is 3.67. The third-order valence-corrected chi connectivity index (χ3v) is 4.71. The molecule has 2 heterocycles. The average Bonchev–Trinajstić information content (AvgIpc) is 2.96. The van der Waals surface area contributed by atoms with Gasteiger partial charge in [0.15, 0.2) is 0 Å². The lowest BCUT2D eigenvalue weighted by atomic mass is 10.1. The molecular weight excluding hydrogens is 300 g/mol. The smallest absolute Gasteiger partial charge is 0.253 e. The first-order valence-corrected chi connectivity index (χ1v) is 8.77. The summed E-state index contributed by atoms with van der Waals surface area (Å²) in [6, 6.07) is 9.55. The van der Waals surface area contributed by atoms with Crippen LogP contribution in [0.15, 0.2) is 36.5 Å². The summed E-state index contributed by atoms with van der Waals surface area (Å²) in [7, 11) is 0. The van der Waals surface area contributed by atoms with Crippen LogP contribution < -0.4 is 0 Å². The van der Waals surface area contributed by atoms with Gasteiger partial charge in [-0.05, 0) is 25.5 Å². The maximum absolute atomic E-state index is 12.5. The summed E-state index contributed by atoms with van der Waals surface area (Å²) >= 11 is 0. The molecule has 5 nitrogen and oxygen atoms in total. The molecule has 1 aliphatic rings. The predicted octanol–water partition coefficient (Wildman–Crippen LogP) is 2.56. The van der Waals surface area contributed by atoms with E-state index in [9.17, 15) is 4.79 Å². The van der Waals surface area contributed by atoms with Crippen LogP contribution in [0.2, 0.25) is 0 Å². The van der Waals surface area contributed by atoms with E-state index in [0.717, 1.165) is 51.3 Å². The Labute approximate surface area is 143 Å². The Morgan fingerprint density at radius 1 is 1.12 bits per heavy atom. The summed E-state index contributed by atoms with van der Waals surface area (Å²) in [5.74, 6) is 0.141. The Hall–Kier alpha value is -2.14. The van der Waals surface area contributed by atoms with Crippen LogP contribution in [0.25, 0.3) is 0 Å². The van der Waals surface area contributed by atoms with Crippen LogP contribution in [0.5, 0.6) is 0 Å². The zero-order valence-corrected chi connectivity index (χ0v) is 14.6. The van der Waals surface area contributed by atoms with E-state index in [1.54, 1.807) is 0 Å². The van der Waals surface area contributed by atoms with Gasteiger partial charge in [0.1, 0.15) is 0 Å². The molecular formula is C19H26N4O. The molecule has 1 amide bonds. The first kappa shape index (κ1) is 16.7. The molecule has 3 rings (SSSR count). The Balaban J connectivity index is 1.55. The Morgan fingerprint density at radius 3 is 2.50 bits per heavy atom. The van der Waals surface area contributed by atoms with E-state index in [1.807, 2.05) is 41.4 Å². The van der Waals surface area contributed by atoms with E-state index >= 15 is 0 Å². The molecule has 0 bridgehead atoms. The molecule has 128 valence electrons. The van der Waals surface area contributed by atoms with Gasteiger partial charge in [0.2, 0.25) is 0 Å². The van der Waals surface area contributed by atoms with Gasteiger partial charge < -0.3 is 4.90 Å². The van der Waals surface area contributed by atoms with Gasteiger partial charge in [0.05, 0.1) is 6.20 Å². The van der Waals surface area contributed by atoms with Crippen LogP contribution in [0.3, 0.4) is 0 Å². The summed E-state index contributed by atoms with van der Waals surface area (Å²) in [6.45, 7) is 9.62. The van der Waals surface area contributed by atoms with E-state index in [1.165, 1.54) is 11.3 Å². The van der Waals surface area contributed by atoms with Gasteiger partial charge in [-0.2, -0.15) is 5.10 Å². The Bertz CT molecular complexity index is 672. The van der Waals surface area contributed by atoms with E-state index in [2.05, 4.69) is 28.5 Å². The van der Waals surface area contributed by atoms with Crippen molar-refractivity contribution < 1.29 is 4.79 Å². The van der Waals surface area contributed by atoms with Crippen LogP contribution >= 0.6 is 0 Å². The second-order valence-electron chi connectivity index (χ2n) is 6.41. The van der Waals surface area contributed by atoms with Crippen molar-refractivity contribution in [3.05, 3.63) is 53.3 Å². The van der Waals surface area contributed by atoms with Gasteiger partial charge >= 0.3 is 0 Å². The maximum Gasteiger partial charge on any atom is 0.253 e. The normalized spacial score (nSPS) is 15.7. The topological polar surface area (TPSA) is 41.4 Å². The van der Waals surface area contributed by atoms with E-state index in [-0.39, 0.29) is 5.91 Å². The van der Waals surface area contributed by atoms with Crippen molar-refractivity contribution in [2.45, 2.75) is 33.4 Å². The minimum Gasteiger partial charge on any atom is -0.336 e. The molecule has 0 spiro atoms. The second kappa shape index (κ2) is 7.62. The molecule has 0 aliphatic carbocycles. The molecule has 0 N–H and O–H groups in total. The number of aromatic nitrogens is 2. The number of amides is 1. The maximum atomic E-state index is 12.5. The van der Waals surface area contributed by atoms with Crippen LogP contribution in [0.4, 0.5) is 0 Å². The summed E-state index contributed by atoms with van der Waals surface area (Å²) in [5.41, 5.74) is 3.34. The standard InChI is InChI=1S/C19H26N4O/c1-3-9-23-16(2)18(14-20-23)15-21-10-12-22(13-11-21)19(24)17-7-5-4-6-8-17/h4-8,14H,3,9-13,15H2,1-2H3. The van der Waals surface area contributed by atoms with E-state index in [0.29, 0.717) is 0 Å². The molecule has 1 aliphatic heterocycles. The quantitative estimate of drug-likeness (QED) is 0.848. The molecule has 0 radical (unpaired) electrons. The van der Waals surface area contributed by atoms with Crippen LogP contribution in [0, 0.1) is 6.92 Å². The molecule has 0 atom stereocenters. The predicted molar refractivity (Wildman–Crippen MR) is 94.9 cm³/mol. The number of rotatable bonds is 5. The fourth-order valence-corrected chi connectivity index (χ4v) is 3.19. The number of carbonyl (C=O) groups excluding carboxylic acids is 1. The minimum absolute atomic E-state index is 0.141. The first-order valence-electron chi connectivity index (χ1n) is 8.77. The van der Waals surface area contributed by atoms with Crippen LogP contribution in [0.1, 0.15) is 35.0 Å². The van der Waals surface area contributed by atoms with Crippen LogP contribution in [-0.4, -0.2) is 51.7 Å². The zero-order chi connectivity index (χ0) is 16.9. The zero-order valence-electron chi connectivity index (χ0n) is 14.6. The van der Waals surface area contributed by atoms with Crippen molar-refractivity contribution in [3.8, 4) is 0 Å². The number of carbonyl (C=O) groups is 1. The Morgan fingerprint density at radius 2 is 1.83 bits per heavy atom. The lowest BCUT2D eigenvalue weighted by molar-refractivity contribution is 0.0628. The first-order chi connectivity index (χ1) is 11.7. The largest absolute Gasteiger partial charge is 0.336 e. The lowest BCUT2D eigenvalue weighted by Crippen LogP contribution is -2.48. The highest BCUT2D eigenvalue weighted by Crippen LogP contribution is 2.14. The van der Waals surface area contributed by atoms with Crippen molar-refractivity contribution in [2.75, 3.05) is 26.2 Å². The molecule has 5 heteroatoms. The fraction of sp³-hybridized carbons (Fsp3) is 0.474. The van der Waals surface area contributed by atoms with Crippen molar-refractivity contribution >= 4 is 5.91 Å². The average molecular weight is 326 g/mol. The summed E-state index contributed by atoms with van der Waals surface area (Å²) in [5, 5.41) is 4.48. The van der Waals surface area contributed by atoms with Gasteiger partial charge in [0, 0.05) is 56.1 Å². The van der Waals surface area contributed by atoms with Gasteiger partial charge in [-0.15, -0.1) is 0 Å². The monoisotopic (exact) mass is 326 g/mol. The molecule has 2 aromatic rings. The summed E-state index contributed by atoms with van der Waals surface area (Å²) in [4.78, 5) is 16.9. The highest BCUT2D eigenvalue weighted by Gasteiger charge is 2.22. The number of hydrogen-bond donors (Lipinski definition) is 0. The number of piperazine rings is 1. The van der Waals surface area contributed by atoms with Gasteiger partial charge in [-0.3, -0.25) is 14.4 Å². The molecule has 1 fully saturated rings. The number of aryl methyl sites for hydroxylation is 1. The highest BCUT2D eigenvalue weighted by molar-refractivity contribution is 5.94. The van der Waals surface area contributed by atoms with Gasteiger partial charge in [-0.25, -0.2) is 0 Å². The fourth-order valence-electron chi connectivity index (χ4n) is 3.19. The van der Waals surface area contributed by atoms with E-state index in [4.69, 9.17) is 0 Å². The SMILES string of the molecule is CCCn1ncc(CN2CCN(C(=O)c3ccccc3)CC2)c1C. The number of hydrogen-bond acceptors (Lipinski definition) is 3. The Kier molecular flexibility index (Phi) is 5.30. The molecule has 0 unspecified atom stereocenters. The van der Waals surface area contributed by atoms with Gasteiger partial charge in [-0.1, -0.05) is 25.1 Å². The summed E-state index contributed by atoms with van der Waals surface area (Å²) < 4.78 is 2.09. The number of benzene rings is 1. The van der Waals surface area contributed by atoms with Crippen molar-refractivity contribution in [1.82, 2.24) is 19.6 Å². The third-order valence-electron chi connectivity index (χ3n) is 4.71. The summed E-state index contributed by atoms with van der Waals surface area (Å²) in [6.07, 6.45) is 3.09. The molecule has 1 aromatic carbocycles. The molecule has 1 saturated heterocycles. The van der Waals surface area contributed by atoms with Crippen LogP contribution in [-0.2, 0) is 13.1 Å². The highest BCUT2D eigenvalue weighted by atomic mass is 16.2. The molecule has 1 aromatic heterocycles. The second-order valence-corrected chi connectivity index (χ2v) is 6.41. The molecule has 0 saturated carbocycles. The van der Waals surface area contributed by atoms with Crippen molar-refractivity contribution in [3.63, 3.8) is 0 Å². The minimum atomic E-state index is 0.141. The number of nitrogens with zero attached hydrogens (tertiary/aromatic N) is 4. The van der Waals surface area contributed by atoms with E-state index < -0.39 is 0 Å². The van der Waals surface area contributed by atoms with Crippen molar-refractivity contribution in [1.29, 1.82) is 0 Å².